The molecule has 0 aliphatic rings. The van der Waals surface area contributed by atoms with Crippen LogP contribution in [0.1, 0.15) is 25.8 Å². The summed E-state index contributed by atoms with van der Waals surface area (Å²) in [6.45, 7) is 4.12. The van der Waals surface area contributed by atoms with E-state index in [0.29, 0.717) is 6.42 Å². The molecule has 2 heteroatoms. The predicted octanol–water partition coefficient (Wildman–Crippen LogP) is 1.88. The molecule has 0 unspecified atom stereocenters. The Morgan fingerprint density at radius 2 is 2.36 bits per heavy atom. The molecule has 0 amide bonds. The third-order valence-electron chi connectivity index (χ3n) is 1.97. The molecule has 1 heterocycles. The Kier molecular flexibility index (Phi) is 2.13. The van der Waals surface area contributed by atoms with Crippen molar-refractivity contribution in [1.82, 2.24) is 4.98 Å². The van der Waals surface area contributed by atoms with Gasteiger partial charge in [-0.15, -0.1) is 0 Å². The van der Waals surface area contributed by atoms with Crippen molar-refractivity contribution in [3.8, 4) is 0 Å². The minimum absolute atomic E-state index is 0.0260. The van der Waals surface area contributed by atoms with Crippen LogP contribution in [0.25, 0.3) is 0 Å². The number of nitrogens with one attached hydrogen (secondary N) is 1. The fourth-order valence-corrected chi connectivity index (χ4v) is 1.07. The van der Waals surface area contributed by atoms with E-state index >= 15 is 0 Å². The first-order valence-corrected chi connectivity index (χ1v) is 3.74. The van der Waals surface area contributed by atoms with Crippen LogP contribution in [0, 0.1) is 0 Å². The molecular weight excluding hydrogens is 138 g/mol. The molecule has 1 aromatic rings. The summed E-state index contributed by atoms with van der Waals surface area (Å²) in [6.07, 6.45) is 5.35. The van der Waals surface area contributed by atoms with E-state index in [2.05, 4.69) is 18.8 Å². The second-order valence-corrected chi connectivity index (χ2v) is 3.35. The molecule has 1 rings (SSSR count). The quantitative estimate of drug-likeness (QED) is 0.657. The highest BCUT2D eigenvalue weighted by molar-refractivity contribution is 5.53. The number of hydrogen-bond acceptors (Lipinski definition) is 1. The molecule has 0 fully saturated rings. The minimum atomic E-state index is -0.0260. The van der Waals surface area contributed by atoms with Crippen LogP contribution in [0.5, 0.6) is 0 Å². The fourth-order valence-electron chi connectivity index (χ4n) is 1.07. The Bertz CT molecular complexity index is 224. The molecule has 1 aromatic heterocycles. The molecule has 0 saturated heterocycles. The second-order valence-electron chi connectivity index (χ2n) is 3.35. The second kappa shape index (κ2) is 2.91. The van der Waals surface area contributed by atoms with Gasteiger partial charge >= 0.3 is 0 Å². The maximum Gasteiger partial charge on any atom is 0.120 e. The summed E-state index contributed by atoms with van der Waals surface area (Å²) in [7, 11) is 0. The van der Waals surface area contributed by atoms with Crippen LogP contribution >= 0.6 is 0 Å². The van der Waals surface area contributed by atoms with Crippen molar-refractivity contribution in [2.45, 2.75) is 25.7 Å². The highest BCUT2D eigenvalue weighted by atomic mass is 16.1. The van der Waals surface area contributed by atoms with Gasteiger partial charge in [0.15, 0.2) is 0 Å². The summed E-state index contributed by atoms with van der Waals surface area (Å²) in [6, 6.07) is 2.00. The molecule has 0 aromatic carbocycles. The Morgan fingerprint density at radius 1 is 1.64 bits per heavy atom. The van der Waals surface area contributed by atoms with Crippen LogP contribution in [-0.4, -0.2) is 11.3 Å². The zero-order valence-electron chi connectivity index (χ0n) is 6.92. The lowest BCUT2D eigenvalue weighted by Crippen LogP contribution is -2.16. The zero-order valence-corrected chi connectivity index (χ0v) is 6.92. The van der Waals surface area contributed by atoms with E-state index in [-0.39, 0.29) is 5.41 Å². The van der Waals surface area contributed by atoms with Crippen LogP contribution in [0.4, 0.5) is 0 Å². The van der Waals surface area contributed by atoms with E-state index in [0.717, 1.165) is 6.29 Å². The van der Waals surface area contributed by atoms with Crippen molar-refractivity contribution >= 4 is 6.29 Å². The average Bonchev–Trinajstić information content (AvgIpc) is 2.37. The SMILES string of the molecule is CC(C)(CC=O)c1cc[nH]c1. The van der Waals surface area contributed by atoms with Gasteiger partial charge in [-0.1, -0.05) is 13.8 Å². The molecule has 0 radical (unpaired) electrons. The van der Waals surface area contributed by atoms with Gasteiger partial charge in [-0.25, -0.2) is 0 Å². The first kappa shape index (κ1) is 8.05. The van der Waals surface area contributed by atoms with Crippen LogP contribution in [-0.2, 0) is 10.2 Å². The van der Waals surface area contributed by atoms with Gasteiger partial charge in [-0.2, -0.15) is 0 Å². The van der Waals surface area contributed by atoms with Crippen molar-refractivity contribution in [3.63, 3.8) is 0 Å². The van der Waals surface area contributed by atoms with Crippen LogP contribution in [0.15, 0.2) is 18.5 Å². The summed E-state index contributed by atoms with van der Waals surface area (Å²) < 4.78 is 0. The number of carbonyl (C=O) groups is 1. The topological polar surface area (TPSA) is 32.9 Å². The van der Waals surface area contributed by atoms with E-state index in [1.54, 1.807) is 0 Å². The predicted molar refractivity (Wildman–Crippen MR) is 44.5 cm³/mol. The Hall–Kier alpha value is -1.05. The largest absolute Gasteiger partial charge is 0.367 e. The van der Waals surface area contributed by atoms with Gasteiger partial charge in [0, 0.05) is 18.8 Å². The standard InChI is InChI=1S/C9H13NO/c1-9(2,4-6-11)8-3-5-10-7-8/h3,5-7,10H,4H2,1-2H3. The van der Waals surface area contributed by atoms with E-state index < -0.39 is 0 Å². The highest BCUT2D eigenvalue weighted by Crippen LogP contribution is 2.24. The summed E-state index contributed by atoms with van der Waals surface area (Å²) in [4.78, 5) is 13.3. The smallest absolute Gasteiger partial charge is 0.120 e. The van der Waals surface area contributed by atoms with E-state index in [1.807, 2.05) is 18.5 Å². The number of rotatable bonds is 3. The monoisotopic (exact) mass is 151 g/mol. The van der Waals surface area contributed by atoms with Gasteiger partial charge in [-0.3, -0.25) is 0 Å². The van der Waals surface area contributed by atoms with E-state index in [1.165, 1.54) is 5.56 Å². The van der Waals surface area contributed by atoms with Gasteiger partial charge < -0.3 is 9.78 Å². The van der Waals surface area contributed by atoms with Crippen LogP contribution in [0.3, 0.4) is 0 Å². The Morgan fingerprint density at radius 3 is 2.82 bits per heavy atom. The molecule has 11 heavy (non-hydrogen) atoms. The summed E-state index contributed by atoms with van der Waals surface area (Å²) in [5.41, 5.74) is 1.16. The first-order valence-electron chi connectivity index (χ1n) is 3.74. The van der Waals surface area contributed by atoms with Crippen molar-refractivity contribution in [3.05, 3.63) is 24.0 Å². The number of aromatic amines is 1. The number of aldehydes is 1. The number of hydrogen-bond donors (Lipinski definition) is 1. The minimum Gasteiger partial charge on any atom is -0.367 e. The lowest BCUT2D eigenvalue weighted by atomic mass is 9.84. The molecule has 0 aliphatic heterocycles. The Labute approximate surface area is 66.6 Å². The lowest BCUT2D eigenvalue weighted by Gasteiger charge is -2.19. The molecule has 0 spiro atoms. The third kappa shape index (κ3) is 1.70. The zero-order chi connectivity index (χ0) is 8.32. The van der Waals surface area contributed by atoms with Gasteiger partial charge in [0.05, 0.1) is 0 Å². The molecule has 0 saturated carbocycles. The van der Waals surface area contributed by atoms with Gasteiger partial charge in [0.25, 0.3) is 0 Å². The maximum atomic E-state index is 10.3. The van der Waals surface area contributed by atoms with Crippen LogP contribution < -0.4 is 0 Å². The molecule has 0 atom stereocenters. The fraction of sp³-hybridized carbons (Fsp3) is 0.444. The van der Waals surface area contributed by atoms with Gasteiger partial charge in [-0.05, 0) is 17.0 Å². The number of carbonyl (C=O) groups excluding carboxylic acids is 1. The lowest BCUT2D eigenvalue weighted by molar-refractivity contribution is -0.108. The van der Waals surface area contributed by atoms with Crippen molar-refractivity contribution in [2.75, 3.05) is 0 Å². The average molecular weight is 151 g/mol. The van der Waals surface area contributed by atoms with Crippen molar-refractivity contribution in [2.24, 2.45) is 0 Å². The Balaban J connectivity index is 2.81. The molecule has 60 valence electrons. The van der Waals surface area contributed by atoms with Gasteiger partial charge in [0.1, 0.15) is 6.29 Å². The van der Waals surface area contributed by atoms with Gasteiger partial charge in [0.2, 0.25) is 0 Å². The third-order valence-corrected chi connectivity index (χ3v) is 1.97. The summed E-state index contributed by atoms with van der Waals surface area (Å²) >= 11 is 0. The van der Waals surface area contributed by atoms with E-state index in [9.17, 15) is 4.79 Å². The highest BCUT2D eigenvalue weighted by Gasteiger charge is 2.19. The van der Waals surface area contributed by atoms with Crippen molar-refractivity contribution < 1.29 is 4.79 Å². The number of aromatic nitrogens is 1. The molecule has 2 nitrogen and oxygen atoms in total. The van der Waals surface area contributed by atoms with Crippen molar-refractivity contribution in [1.29, 1.82) is 0 Å². The first-order chi connectivity index (χ1) is 5.17. The summed E-state index contributed by atoms with van der Waals surface area (Å²) in [5.74, 6) is 0. The molecule has 0 aliphatic carbocycles. The maximum absolute atomic E-state index is 10.3. The number of H-pyrrole nitrogens is 1. The van der Waals surface area contributed by atoms with Crippen LogP contribution in [0.2, 0.25) is 0 Å². The summed E-state index contributed by atoms with van der Waals surface area (Å²) in [5, 5.41) is 0. The van der Waals surface area contributed by atoms with E-state index in [4.69, 9.17) is 0 Å². The molecule has 0 bridgehead atoms. The molecule has 1 N–H and O–H groups in total. The molecular formula is C9H13NO. The normalized spacial score (nSPS) is 11.5.